The Kier molecular flexibility index (Phi) is 5.56. The van der Waals surface area contributed by atoms with Crippen LogP contribution in [0.3, 0.4) is 0 Å². The third-order valence-corrected chi connectivity index (χ3v) is 4.57. The Balaban J connectivity index is 1.59. The predicted octanol–water partition coefficient (Wildman–Crippen LogP) is 4.22. The summed E-state index contributed by atoms with van der Waals surface area (Å²) in [7, 11) is 0. The Labute approximate surface area is 152 Å². The first-order chi connectivity index (χ1) is 12.1. The maximum absolute atomic E-state index is 12.5. The van der Waals surface area contributed by atoms with Crippen LogP contribution in [0, 0.1) is 5.92 Å². The van der Waals surface area contributed by atoms with Gasteiger partial charge in [0.2, 0.25) is 5.91 Å². The predicted molar refractivity (Wildman–Crippen MR) is 99.8 cm³/mol. The second kappa shape index (κ2) is 8.03. The summed E-state index contributed by atoms with van der Waals surface area (Å²) in [5, 5.41) is 6.23. The highest BCUT2D eigenvalue weighted by molar-refractivity contribution is 6.33. The zero-order chi connectivity index (χ0) is 17.6. The number of rotatable bonds is 3. The van der Waals surface area contributed by atoms with Crippen LogP contribution in [-0.2, 0) is 4.79 Å². The van der Waals surface area contributed by atoms with Gasteiger partial charge in [0.15, 0.2) is 0 Å². The molecule has 1 aliphatic rings. The van der Waals surface area contributed by atoms with Crippen molar-refractivity contribution in [2.45, 2.75) is 12.8 Å². The van der Waals surface area contributed by atoms with E-state index in [0.29, 0.717) is 23.8 Å². The third-order valence-electron chi connectivity index (χ3n) is 4.24. The summed E-state index contributed by atoms with van der Waals surface area (Å²) in [6.07, 6.45) is 1.55. The molecule has 0 bridgehead atoms. The highest BCUT2D eigenvalue weighted by atomic mass is 35.5. The highest BCUT2D eigenvalue weighted by Crippen LogP contribution is 2.24. The fourth-order valence-electron chi connectivity index (χ4n) is 2.90. The van der Waals surface area contributed by atoms with Crippen LogP contribution < -0.4 is 10.6 Å². The standard InChI is InChI=1S/C19H20ClN3O2/c20-16-10-4-5-11-17(16)22-18(24)14-7-6-12-23(13-14)19(25)21-15-8-2-1-3-9-15/h1-5,8-11,14H,6-7,12-13H2,(H,21,25)(H,22,24)/t14-/m0/s1. The summed E-state index contributed by atoms with van der Waals surface area (Å²) in [6.45, 7) is 1.05. The molecular weight excluding hydrogens is 338 g/mol. The van der Waals surface area contributed by atoms with Crippen LogP contribution in [0.5, 0.6) is 0 Å². The summed E-state index contributed by atoms with van der Waals surface area (Å²) < 4.78 is 0. The molecule has 0 saturated carbocycles. The lowest BCUT2D eigenvalue weighted by Gasteiger charge is -2.32. The molecule has 2 aromatic carbocycles. The number of anilines is 2. The molecule has 6 heteroatoms. The number of hydrogen-bond donors (Lipinski definition) is 2. The number of halogens is 1. The monoisotopic (exact) mass is 357 g/mol. The van der Waals surface area contributed by atoms with Crippen molar-refractivity contribution < 1.29 is 9.59 Å². The molecule has 3 rings (SSSR count). The van der Waals surface area contributed by atoms with Crippen LogP contribution in [0.15, 0.2) is 54.6 Å². The Morgan fingerprint density at radius 3 is 2.48 bits per heavy atom. The first kappa shape index (κ1) is 17.3. The number of nitrogens with zero attached hydrogens (tertiary/aromatic N) is 1. The van der Waals surface area contributed by atoms with Crippen LogP contribution in [-0.4, -0.2) is 29.9 Å². The van der Waals surface area contributed by atoms with Crippen LogP contribution in [0.2, 0.25) is 5.02 Å². The molecule has 0 aromatic heterocycles. The highest BCUT2D eigenvalue weighted by Gasteiger charge is 2.28. The van der Waals surface area contributed by atoms with Crippen LogP contribution in [0.1, 0.15) is 12.8 Å². The second-order valence-electron chi connectivity index (χ2n) is 6.05. The minimum Gasteiger partial charge on any atom is -0.324 e. The number of benzene rings is 2. The van der Waals surface area contributed by atoms with E-state index in [2.05, 4.69) is 10.6 Å². The van der Waals surface area contributed by atoms with Gasteiger partial charge in [0.05, 0.1) is 16.6 Å². The Hall–Kier alpha value is -2.53. The lowest BCUT2D eigenvalue weighted by molar-refractivity contribution is -0.121. The molecule has 1 saturated heterocycles. The normalized spacial score (nSPS) is 17.0. The van der Waals surface area contributed by atoms with E-state index in [0.717, 1.165) is 18.5 Å². The Morgan fingerprint density at radius 1 is 1.00 bits per heavy atom. The molecule has 1 aliphatic heterocycles. The van der Waals surface area contributed by atoms with Gasteiger partial charge in [-0.15, -0.1) is 0 Å². The van der Waals surface area contributed by atoms with Gasteiger partial charge in [0, 0.05) is 18.8 Å². The third kappa shape index (κ3) is 4.51. The zero-order valence-corrected chi connectivity index (χ0v) is 14.5. The zero-order valence-electron chi connectivity index (χ0n) is 13.7. The number of amides is 3. The van der Waals surface area contributed by atoms with E-state index in [-0.39, 0.29) is 17.9 Å². The minimum absolute atomic E-state index is 0.106. The maximum Gasteiger partial charge on any atom is 0.321 e. The summed E-state index contributed by atoms with van der Waals surface area (Å²) in [5.41, 5.74) is 1.34. The van der Waals surface area contributed by atoms with Crippen molar-refractivity contribution in [3.05, 3.63) is 59.6 Å². The minimum atomic E-state index is -0.244. The molecule has 0 spiro atoms. The number of urea groups is 1. The quantitative estimate of drug-likeness (QED) is 0.863. The molecule has 0 unspecified atom stereocenters. The molecule has 3 amide bonds. The number of likely N-dealkylation sites (tertiary alicyclic amines) is 1. The van der Waals surface area contributed by atoms with Crippen molar-refractivity contribution in [2.75, 3.05) is 23.7 Å². The lowest BCUT2D eigenvalue weighted by atomic mass is 9.97. The first-order valence-corrected chi connectivity index (χ1v) is 8.67. The fraction of sp³-hybridized carbons (Fsp3) is 0.263. The van der Waals surface area contributed by atoms with Crippen molar-refractivity contribution in [2.24, 2.45) is 5.92 Å². The summed E-state index contributed by atoms with van der Waals surface area (Å²) in [6, 6.07) is 16.3. The topological polar surface area (TPSA) is 61.4 Å². The molecular formula is C19H20ClN3O2. The molecule has 1 atom stereocenters. The van der Waals surface area contributed by atoms with Gasteiger partial charge < -0.3 is 15.5 Å². The van der Waals surface area contributed by atoms with Gasteiger partial charge in [-0.2, -0.15) is 0 Å². The van der Waals surface area contributed by atoms with Crippen LogP contribution in [0.4, 0.5) is 16.2 Å². The average Bonchev–Trinajstić information content (AvgIpc) is 2.64. The molecule has 0 radical (unpaired) electrons. The molecule has 25 heavy (non-hydrogen) atoms. The second-order valence-corrected chi connectivity index (χ2v) is 6.46. The van der Waals surface area contributed by atoms with Gasteiger partial charge in [-0.3, -0.25) is 4.79 Å². The Bertz CT molecular complexity index is 751. The largest absolute Gasteiger partial charge is 0.324 e. The maximum atomic E-state index is 12.5. The van der Waals surface area contributed by atoms with Gasteiger partial charge >= 0.3 is 6.03 Å². The van der Waals surface area contributed by atoms with E-state index in [4.69, 9.17) is 11.6 Å². The molecule has 130 valence electrons. The van der Waals surface area contributed by atoms with Crippen molar-refractivity contribution >= 4 is 34.9 Å². The Morgan fingerprint density at radius 2 is 1.72 bits per heavy atom. The van der Waals surface area contributed by atoms with Crippen molar-refractivity contribution in [1.29, 1.82) is 0 Å². The molecule has 0 aliphatic carbocycles. The van der Waals surface area contributed by atoms with Crippen LogP contribution in [0.25, 0.3) is 0 Å². The molecule has 1 heterocycles. The number of carbonyl (C=O) groups excluding carboxylic acids is 2. The number of carbonyl (C=O) groups is 2. The van der Waals surface area contributed by atoms with E-state index >= 15 is 0 Å². The van der Waals surface area contributed by atoms with Crippen molar-refractivity contribution in [1.82, 2.24) is 4.90 Å². The molecule has 5 nitrogen and oxygen atoms in total. The van der Waals surface area contributed by atoms with Gasteiger partial charge in [-0.1, -0.05) is 41.9 Å². The fourth-order valence-corrected chi connectivity index (χ4v) is 3.08. The summed E-state index contributed by atoms with van der Waals surface area (Å²) in [4.78, 5) is 26.6. The van der Waals surface area contributed by atoms with Crippen LogP contribution >= 0.6 is 11.6 Å². The number of piperidine rings is 1. The average molecular weight is 358 g/mol. The van der Waals surface area contributed by atoms with Gasteiger partial charge in [0.25, 0.3) is 0 Å². The van der Waals surface area contributed by atoms with E-state index in [1.54, 1.807) is 17.0 Å². The molecule has 2 aromatic rings. The van der Waals surface area contributed by atoms with Crippen molar-refractivity contribution in [3.63, 3.8) is 0 Å². The number of hydrogen-bond acceptors (Lipinski definition) is 2. The number of nitrogens with one attached hydrogen (secondary N) is 2. The lowest BCUT2D eigenvalue weighted by Crippen LogP contribution is -2.45. The van der Waals surface area contributed by atoms with E-state index in [9.17, 15) is 9.59 Å². The van der Waals surface area contributed by atoms with Gasteiger partial charge in [0.1, 0.15) is 0 Å². The first-order valence-electron chi connectivity index (χ1n) is 8.30. The number of para-hydroxylation sites is 2. The molecule has 2 N–H and O–H groups in total. The van der Waals surface area contributed by atoms with E-state index in [1.165, 1.54) is 0 Å². The molecule has 1 fully saturated rings. The van der Waals surface area contributed by atoms with E-state index < -0.39 is 0 Å². The van der Waals surface area contributed by atoms with E-state index in [1.807, 2.05) is 42.5 Å². The summed E-state index contributed by atoms with van der Waals surface area (Å²) in [5.74, 6) is -0.350. The smallest absolute Gasteiger partial charge is 0.321 e. The van der Waals surface area contributed by atoms with Gasteiger partial charge in [-0.05, 0) is 37.1 Å². The summed E-state index contributed by atoms with van der Waals surface area (Å²) >= 11 is 6.09. The van der Waals surface area contributed by atoms with Gasteiger partial charge in [-0.25, -0.2) is 4.79 Å². The SMILES string of the molecule is O=C(Nc1ccccc1Cl)[C@H]1CCCN(C(=O)Nc2ccccc2)C1. The van der Waals surface area contributed by atoms with Crippen molar-refractivity contribution in [3.8, 4) is 0 Å².